The summed E-state index contributed by atoms with van der Waals surface area (Å²) in [4.78, 5) is 2.68. The van der Waals surface area contributed by atoms with Crippen LogP contribution in [-0.4, -0.2) is 0 Å². The van der Waals surface area contributed by atoms with Gasteiger partial charge in [0, 0.05) is 11.1 Å². The van der Waals surface area contributed by atoms with E-state index in [-0.39, 0.29) is 0 Å². The van der Waals surface area contributed by atoms with Gasteiger partial charge in [-0.1, -0.05) is 6.92 Å². The minimum absolute atomic E-state index is 0.442. The Balaban J connectivity index is 3.12. The van der Waals surface area contributed by atoms with Gasteiger partial charge in [0.2, 0.25) is 0 Å². The highest BCUT2D eigenvalue weighted by molar-refractivity contribution is 7.12. The molecule has 0 N–H and O–H groups in total. The fraction of sp³-hybridized carbons (Fsp3) is 0.556. The van der Waals surface area contributed by atoms with E-state index in [2.05, 4.69) is 20.8 Å². The van der Waals surface area contributed by atoms with E-state index in [4.69, 9.17) is 1.37 Å². The van der Waals surface area contributed by atoms with Crippen LogP contribution in [0, 0.1) is 20.7 Å². The maximum atomic E-state index is 7.28. The van der Waals surface area contributed by atoms with Gasteiger partial charge in [-0.05, 0) is 38.3 Å². The molecule has 1 heterocycles. The first kappa shape index (κ1) is 6.41. The second-order valence-electron chi connectivity index (χ2n) is 2.55. The normalized spacial score (nSPS) is 11.7. The lowest BCUT2D eigenvalue weighted by Gasteiger charge is -1.92. The first-order valence-corrected chi connectivity index (χ1v) is 4.39. The van der Waals surface area contributed by atoms with Gasteiger partial charge in [0.25, 0.3) is 0 Å². The molecular weight excluding hydrogens is 140 g/mol. The Bertz CT molecular complexity index is 226. The highest BCUT2D eigenvalue weighted by atomic mass is 32.1. The van der Waals surface area contributed by atoms with E-state index in [1.807, 2.05) is 0 Å². The van der Waals surface area contributed by atoms with E-state index in [0.717, 1.165) is 6.42 Å². The molecule has 1 heteroatoms. The van der Waals surface area contributed by atoms with Crippen molar-refractivity contribution in [1.29, 1.82) is 0 Å². The van der Waals surface area contributed by atoms with Crippen LogP contribution in [0.2, 0.25) is 0 Å². The van der Waals surface area contributed by atoms with Crippen molar-refractivity contribution in [3.8, 4) is 0 Å². The molecule has 0 saturated carbocycles. The maximum Gasteiger partial charge on any atom is 0.0288 e. The molecule has 0 nitrogen and oxygen atoms in total. The van der Waals surface area contributed by atoms with E-state index >= 15 is 0 Å². The molecule has 0 aromatic carbocycles. The smallest absolute Gasteiger partial charge is 0.0288 e. The lowest BCUT2D eigenvalue weighted by atomic mass is 10.1. The summed E-state index contributed by atoms with van der Waals surface area (Å²) in [6.07, 6.45) is 1.11. The SMILES string of the molecule is [2H]Cc1sc(CC)c(C)c1C. The number of hydrogen-bond donors (Lipinski definition) is 0. The molecule has 10 heavy (non-hydrogen) atoms. The van der Waals surface area contributed by atoms with E-state index < -0.39 is 0 Å². The Labute approximate surface area is 68.3 Å². The largest absolute Gasteiger partial charge is 0.145 e. The number of hydrogen-bond acceptors (Lipinski definition) is 1. The third-order valence-corrected chi connectivity index (χ3v) is 3.36. The van der Waals surface area contributed by atoms with Gasteiger partial charge in [-0.15, -0.1) is 11.3 Å². The van der Waals surface area contributed by atoms with Crippen molar-refractivity contribution in [3.63, 3.8) is 0 Å². The van der Waals surface area contributed by atoms with E-state index in [0.29, 0.717) is 6.90 Å². The molecule has 0 radical (unpaired) electrons. The predicted octanol–water partition coefficient (Wildman–Crippen LogP) is 3.24. The summed E-state index contributed by atoms with van der Waals surface area (Å²) in [5.41, 5.74) is 2.74. The Hall–Kier alpha value is -0.300. The quantitative estimate of drug-likeness (QED) is 0.584. The Morgan fingerprint density at radius 3 is 2.40 bits per heavy atom. The second-order valence-corrected chi connectivity index (χ2v) is 3.74. The number of thiophene rings is 1. The van der Waals surface area contributed by atoms with Gasteiger partial charge >= 0.3 is 0 Å². The van der Waals surface area contributed by atoms with Gasteiger partial charge in [0.05, 0.1) is 0 Å². The minimum Gasteiger partial charge on any atom is -0.145 e. The lowest BCUT2D eigenvalue weighted by Crippen LogP contribution is -1.78. The number of aryl methyl sites for hydroxylation is 2. The van der Waals surface area contributed by atoms with E-state index in [1.54, 1.807) is 11.3 Å². The van der Waals surface area contributed by atoms with Crippen molar-refractivity contribution >= 4 is 11.3 Å². The van der Waals surface area contributed by atoms with Crippen molar-refractivity contribution in [2.24, 2.45) is 0 Å². The third-order valence-electron chi connectivity index (χ3n) is 1.97. The molecule has 0 amide bonds. The van der Waals surface area contributed by atoms with E-state index in [1.165, 1.54) is 20.9 Å². The van der Waals surface area contributed by atoms with E-state index in [9.17, 15) is 0 Å². The van der Waals surface area contributed by atoms with Gasteiger partial charge < -0.3 is 0 Å². The molecule has 1 rings (SSSR count). The minimum atomic E-state index is 0.442. The zero-order chi connectivity index (χ0) is 8.43. The van der Waals surface area contributed by atoms with Crippen molar-refractivity contribution in [2.75, 3.05) is 0 Å². The Morgan fingerprint density at radius 2 is 2.10 bits per heavy atom. The highest BCUT2D eigenvalue weighted by Crippen LogP contribution is 2.26. The molecule has 0 unspecified atom stereocenters. The fourth-order valence-corrected chi connectivity index (χ4v) is 2.11. The summed E-state index contributed by atoms with van der Waals surface area (Å²) in [7, 11) is 0. The molecule has 0 fully saturated rings. The summed E-state index contributed by atoms with van der Waals surface area (Å²) in [6.45, 7) is 6.89. The molecule has 0 bridgehead atoms. The Kier molecular flexibility index (Phi) is 1.76. The zero-order valence-electron chi connectivity index (χ0n) is 7.82. The first-order chi connectivity index (χ1) is 5.20. The van der Waals surface area contributed by atoms with Crippen LogP contribution in [0.1, 0.15) is 29.2 Å². The van der Waals surface area contributed by atoms with Gasteiger partial charge in [0.1, 0.15) is 0 Å². The summed E-state index contributed by atoms with van der Waals surface area (Å²) >= 11 is 1.80. The van der Waals surface area contributed by atoms with Gasteiger partial charge in [-0.25, -0.2) is 0 Å². The summed E-state index contributed by atoms with van der Waals surface area (Å²) in [5.74, 6) is 0. The molecular formula is C9H14S. The van der Waals surface area contributed by atoms with Gasteiger partial charge in [-0.3, -0.25) is 0 Å². The average molecular weight is 155 g/mol. The average Bonchev–Trinajstić information content (AvgIpc) is 2.30. The van der Waals surface area contributed by atoms with Crippen molar-refractivity contribution < 1.29 is 1.37 Å². The van der Waals surface area contributed by atoms with Crippen LogP contribution >= 0.6 is 11.3 Å². The van der Waals surface area contributed by atoms with Gasteiger partial charge in [0.15, 0.2) is 0 Å². The monoisotopic (exact) mass is 155 g/mol. The van der Waals surface area contributed by atoms with Crippen LogP contribution in [0.15, 0.2) is 0 Å². The molecule has 0 saturated heterocycles. The summed E-state index contributed by atoms with van der Waals surface area (Å²) in [6, 6.07) is 0. The molecule has 0 atom stereocenters. The molecule has 56 valence electrons. The van der Waals surface area contributed by atoms with Crippen molar-refractivity contribution in [2.45, 2.75) is 34.1 Å². The Morgan fingerprint density at radius 1 is 1.40 bits per heavy atom. The molecule has 0 aliphatic rings. The van der Waals surface area contributed by atoms with Crippen LogP contribution in [0.25, 0.3) is 0 Å². The molecule has 0 spiro atoms. The zero-order valence-corrected chi connectivity index (χ0v) is 7.64. The lowest BCUT2D eigenvalue weighted by molar-refractivity contribution is 1.15. The van der Waals surface area contributed by atoms with Crippen LogP contribution < -0.4 is 0 Å². The number of rotatable bonds is 1. The van der Waals surface area contributed by atoms with Crippen molar-refractivity contribution in [1.82, 2.24) is 0 Å². The molecule has 1 aromatic rings. The first-order valence-electron chi connectivity index (χ1n) is 4.28. The predicted molar refractivity (Wildman–Crippen MR) is 47.9 cm³/mol. The third kappa shape index (κ3) is 1.10. The molecule has 1 aromatic heterocycles. The standard InChI is InChI=1S/C9H14S/c1-5-9-7(3)6(2)8(4)10-9/h5H2,1-4H3/i4D. The summed E-state index contributed by atoms with van der Waals surface area (Å²) < 4.78 is 7.28. The topological polar surface area (TPSA) is 0 Å². The highest BCUT2D eigenvalue weighted by Gasteiger charge is 2.04. The molecule has 0 aliphatic heterocycles. The van der Waals surface area contributed by atoms with Gasteiger partial charge in [-0.2, -0.15) is 0 Å². The fourth-order valence-electron chi connectivity index (χ4n) is 1.06. The maximum absolute atomic E-state index is 7.28. The van der Waals surface area contributed by atoms with Crippen LogP contribution in [0.4, 0.5) is 0 Å². The second kappa shape index (κ2) is 2.75. The van der Waals surface area contributed by atoms with Crippen LogP contribution in [-0.2, 0) is 6.42 Å². The van der Waals surface area contributed by atoms with Crippen molar-refractivity contribution in [3.05, 3.63) is 20.9 Å². The van der Waals surface area contributed by atoms with Crippen LogP contribution in [0.3, 0.4) is 0 Å². The summed E-state index contributed by atoms with van der Waals surface area (Å²) in [5, 5.41) is 0. The van der Waals surface area contributed by atoms with Crippen LogP contribution in [0.5, 0.6) is 0 Å². The molecule has 0 aliphatic carbocycles.